The fraction of sp³-hybridized carbons (Fsp3) is 0.286. The number of carbonyl (C=O) groups excluding carboxylic acids is 1. The standard InChI is InChI=1S/C14H17N3O/c1-4-5-6-14(18)16-11-7-8-13-12(9-11)15-10(2)17(13)3/h4,7-9H,1,5-6H2,2-3H3,(H,16,18). The van der Waals surface area contributed by atoms with Gasteiger partial charge in [0.2, 0.25) is 5.91 Å². The molecule has 1 aromatic heterocycles. The molecule has 0 atom stereocenters. The lowest BCUT2D eigenvalue weighted by molar-refractivity contribution is -0.116. The molecule has 0 fully saturated rings. The average Bonchev–Trinajstić information content (AvgIpc) is 2.62. The molecule has 1 N–H and O–H groups in total. The number of amides is 1. The first-order chi connectivity index (χ1) is 8.61. The summed E-state index contributed by atoms with van der Waals surface area (Å²) in [5, 5.41) is 2.86. The molecule has 2 aromatic rings. The van der Waals surface area contributed by atoms with Crippen molar-refractivity contribution in [2.45, 2.75) is 19.8 Å². The lowest BCUT2D eigenvalue weighted by Gasteiger charge is -2.04. The molecule has 1 aromatic carbocycles. The van der Waals surface area contributed by atoms with Crippen molar-refractivity contribution in [1.29, 1.82) is 0 Å². The van der Waals surface area contributed by atoms with Crippen LogP contribution in [0.5, 0.6) is 0 Å². The Balaban J connectivity index is 2.20. The van der Waals surface area contributed by atoms with Crippen LogP contribution in [0.3, 0.4) is 0 Å². The van der Waals surface area contributed by atoms with E-state index in [0.717, 1.165) is 22.5 Å². The molecule has 0 saturated heterocycles. The second-order valence-electron chi connectivity index (χ2n) is 4.30. The van der Waals surface area contributed by atoms with Crippen molar-refractivity contribution in [3.8, 4) is 0 Å². The molecule has 1 amide bonds. The quantitative estimate of drug-likeness (QED) is 0.839. The van der Waals surface area contributed by atoms with E-state index >= 15 is 0 Å². The predicted molar refractivity (Wildman–Crippen MR) is 73.5 cm³/mol. The highest BCUT2D eigenvalue weighted by Gasteiger charge is 2.06. The summed E-state index contributed by atoms with van der Waals surface area (Å²) in [5.41, 5.74) is 2.75. The number of aryl methyl sites for hydroxylation is 2. The molecular weight excluding hydrogens is 226 g/mol. The van der Waals surface area contributed by atoms with Gasteiger partial charge in [-0.2, -0.15) is 0 Å². The van der Waals surface area contributed by atoms with Gasteiger partial charge in [-0.05, 0) is 31.5 Å². The van der Waals surface area contributed by atoms with Crippen LogP contribution in [0.1, 0.15) is 18.7 Å². The SMILES string of the molecule is C=CCCC(=O)Nc1ccc2c(c1)nc(C)n2C. The fourth-order valence-electron chi connectivity index (χ4n) is 1.85. The fourth-order valence-corrected chi connectivity index (χ4v) is 1.85. The highest BCUT2D eigenvalue weighted by Crippen LogP contribution is 2.19. The second kappa shape index (κ2) is 5.04. The van der Waals surface area contributed by atoms with Gasteiger partial charge in [-0.15, -0.1) is 6.58 Å². The lowest BCUT2D eigenvalue weighted by atomic mass is 10.2. The van der Waals surface area contributed by atoms with Gasteiger partial charge in [0.1, 0.15) is 5.82 Å². The first kappa shape index (κ1) is 12.4. The predicted octanol–water partition coefficient (Wildman–Crippen LogP) is 2.79. The number of hydrogen-bond donors (Lipinski definition) is 1. The van der Waals surface area contributed by atoms with Crippen molar-refractivity contribution in [2.75, 3.05) is 5.32 Å². The summed E-state index contributed by atoms with van der Waals surface area (Å²) in [5.74, 6) is 0.960. The molecule has 0 aliphatic rings. The topological polar surface area (TPSA) is 46.9 Å². The molecular formula is C14H17N3O. The van der Waals surface area contributed by atoms with Gasteiger partial charge < -0.3 is 9.88 Å². The van der Waals surface area contributed by atoms with Gasteiger partial charge in [-0.25, -0.2) is 4.98 Å². The zero-order valence-corrected chi connectivity index (χ0v) is 10.7. The van der Waals surface area contributed by atoms with Gasteiger partial charge in [0.15, 0.2) is 0 Å². The molecule has 0 saturated carbocycles. The normalized spacial score (nSPS) is 10.6. The minimum atomic E-state index is 0.00176. The van der Waals surface area contributed by atoms with Crippen molar-refractivity contribution in [3.63, 3.8) is 0 Å². The number of nitrogens with one attached hydrogen (secondary N) is 1. The van der Waals surface area contributed by atoms with Gasteiger partial charge in [-0.1, -0.05) is 6.08 Å². The third kappa shape index (κ3) is 2.42. The highest BCUT2D eigenvalue weighted by molar-refractivity contribution is 5.93. The zero-order chi connectivity index (χ0) is 13.1. The van der Waals surface area contributed by atoms with Crippen LogP contribution < -0.4 is 5.32 Å². The van der Waals surface area contributed by atoms with Crippen molar-refractivity contribution in [3.05, 3.63) is 36.7 Å². The zero-order valence-electron chi connectivity index (χ0n) is 10.7. The Morgan fingerprint density at radius 2 is 2.33 bits per heavy atom. The van der Waals surface area contributed by atoms with Crippen LogP contribution in [0.2, 0.25) is 0 Å². The number of allylic oxidation sites excluding steroid dienone is 1. The third-order valence-electron chi connectivity index (χ3n) is 2.96. The Bertz CT molecular complexity index is 598. The first-order valence-electron chi connectivity index (χ1n) is 5.95. The van der Waals surface area contributed by atoms with Crippen LogP contribution in [0.4, 0.5) is 5.69 Å². The molecule has 4 heteroatoms. The van der Waals surface area contributed by atoms with Crippen LogP contribution in [0, 0.1) is 6.92 Å². The maximum absolute atomic E-state index is 11.6. The molecule has 0 aliphatic carbocycles. The average molecular weight is 243 g/mol. The van der Waals surface area contributed by atoms with E-state index in [4.69, 9.17) is 0 Å². The number of anilines is 1. The number of aromatic nitrogens is 2. The van der Waals surface area contributed by atoms with Gasteiger partial charge in [0.25, 0.3) is 0 Å². The van der Waals surface area contributed by atoms with E-state index in [0.29, 0.717) is 12.8 Å². The van der Waals surface area contributed by atoms with E-state index < -0.39 is 0 Å². The van der Waals surface area contributed by atoms with Crippen molar-refractivity contribution >= 4 is 22.6 Å². The van der Waals surface area contributed by atoms with E-state index in [1.54, 1.807) is 6.08 Å². The summed E-state index contributed by atoms with van der Waals surface area (Å²) in [4.78, 5) is 16.0. The number of imidazole rings is 1. The Labute approximate surface area is 106 Å². The van der Waals surface area contributed by atoms with E-state index in [2.05, 4.69) is 16.9 Å². The van der Waals surface area contributed by atoms with Crippen molar-refractivity contribution < 1.29 is 4.79 Å². The van der Waals surface area contributed by atoms with Crippen LogP contribution in [-0.4, -0.2) is 15.5 Å². The largest absolute Gasteiger partial charge is 0.331 e. The van der Waals surface area contributed by atoms with E-state index in [9.17, 15) is 4.79 Å². The summed E-state index contributed by atoms with van der Waals surface area (Å²) < 4.78 is 2.03. The first-order valence-corrected chi connectivity index (χ1v) is 5.95. The third-order valence-corrected chi connectivity index (χ3v) is 2.96. The number of rotatable bonds is 4. The Morgan fingerprint density at radius 1 is 1.56 bits per heavy atom. The minimum absolute atomic E-state index is 0.00176. The van der Waals surface area contributed by atoms with Crippen molar-refractivity contribution in [2.24, 2.45) is 7.05 Å². The summed E-state index contributed by atoms with van der Waals surface area (Å²) in [6.45, 7) is 5.56. The van der Waals surface area contributed by atoms with Gasteiger partial charge in [-0.3, -0.25) is 4.79 Å². The Kier molecular flexibility index (Phi) is 3.46. The molecule has 0 unspecified atom stereocenters. The van der Waals surface area contributed by atoms with Crippen LogP contribution >= 0.6 is 0 Å². The van der Waals surface area contributed by atoms with Gasteiger partial charge in [0, 0.05) is 19.2 Å². The maximum atomic E-state index is 11.6. The van der Waals surface area contributed by atoms with Crippen LogP contribution in [-0.2, 0) is 11.8 Å². The molecule has 0 radical (unpaired) electrons. The number of benzene rings is 1. The molecule has 4 nitrogen and oxygen atoms in total. The van der Waals surface area contributed by atoms with E-state index in [1.807, 2.05) is 36.7 Å². The Hall–Kier alpha value is -2.10. The molecule has 18 heavy (non-hydrogen) atoms. The van der Waals surface area contributed by atoms with Gasteiger partial charge in [0.05, 0.1) is 11.0 Å². The molecule has 2 rings (SSSR count). The number of nitrogens with zero attached hydrogens (tertiary/aromatic N) is 2. The minimum Gasteiger partial charge on any atom is -0.331 e. The molecule has 0 spiro atoms. The smallest absolute Gasteiger partial charge is 0.224 e. The van der Waals surface area contributed by atoms with Crippen LogP contribution in [0.15, 0.2) is 30.9 Å². The molecule has 0 aliphatic heterocycles. The summed E-state index contributed by atoms with van der Waals surface area (Å²) in [7, 11) is 1.98. The number of fused-ring (bicyclic) bond motifs is 1. The molecule has 0 bridgehead atoms. The number of hydrogen-bond acceptors (Lipinski definition) is 2. The summed E-state index contributed by atoms with van der Waals surface area (Å²) in [6.07, 6.45) is 2.89. The van der Waals surface area contributed by atoms with E-state index in [-0.39, 0.29) is 5.91 Å². The molecule has 94 valence electrons. The lowest BCUT2D eigenvalue weighted by Crippen LogP contribution is -2.10. The van der Waals surface area contributed by atoms with Gasteiger partial charge >= 0.3 is 0 Å². The highest BCUT2D eigenvalue weighted by atomic mass is 16.1. The monoisotopic (exact) mass is 243 g/mol. The maximum Gasteiger partial charge on any atom is 0.224 e. The Morgan fingerprint density at radius 3 is 3.06 bits per heavy atom. The van der Waals surface area contributed by atoms with Crippen molar-refractivity contribution in [1.82, 2.24) is 9.55 Å². The number of carbonyl (C=O) groups is 1. The summed E-state index contributed by atoms with van der Waals surface area (Å²) >= 11 is 0. The van der Waals surface area contributed by atoms with Crippen LogP contribution in [0.25, 0.3) is 11.0 Å². The second-order valence-corrected chi connectivity index (χ2v) is 4.30. The summed E-state index contributed by atoms with van der Waals surface area (Å²) in [6, 6.07) is 5.77. The molecule has 1 heterocycles. The van der Waals surface area contributed by atoms with E-state index in [1.165, 1.54) is 0 Å².